The molecule has 0 saturated carbocycles. The highest BCUT2D eigenvalue weighted by Crippen LogP contribution is 2.17. The molecule has 0 aliphatic carbocycles. The SMILES string of the molecule is CN=C(NCCc1cccs1)NCc1ccc(S(=O)(=O)N(C)C(C)C)cc1. The number of benzene rings is 1. The van der Waals surface area contributed by atoms with Crippen LogP contribution in [-0.2, 0) is 23.0 Å². The van der Waals surface area contributed by atoms with Gasteiger partial charge in [0.2, 0.25) is 10.0 Å². The molecule has 148 valence electrons. The van der Waals surface area contributed by atoms with Gasteiger partial charge in [-0.1, -0.05) is 18.2 Å². The third-order valence-corrected chi connectivity index (χ3v) is 7.24. The van der Waals surface area contributed by atoms with Gasteiger partial charge >= 0.3 is 0 Å². The number of rotatable bonds is 8. The molecule has 6 nitrogen and oxygen atoms in total. The maximum absolute atomic E-state index is 12.5. The van der Waals surface area contributed by atoms with Crippen LogP contribution in [0.15, 0.2) is 51.7 Å². The summed E-state index contributed by atoms with van der Waals surface area (Å²) in [7, 11) is -0.114. The fraction of sp³-hybridized carbons (Fsp3) is 0.421. The number of aliphatic imine (C=N–C) groups is 1. The monoisotopic (exact) mass is 408 g/mol. The van der Waals surface area contributed by atoms with E-state index in [1.807, 2.05) is 26.0 Å². The Hall–Kier alpha value is -1.90. The topological polar surface area (TPSA) is 73.8 Å². The zero-order chi connectivity index (χ0) is 19.9. The minimum Gasteiger partial charge on any atom is -0.356 e. The Morgan fingerprint density at radius 2 is 1.89 bits per heavy atom. The van der Waals surface area contributed by atoms with E-state index in [0.717, 1.165) is 24.5 Å². The maximum Gasteiger partial charge on any atom is 0.243 e. The van der Waals surface area contributed by atoms with E-state index >= 15 is 0 Å². The number of guanidine groups is 1. The van der Waals surface area contributed by atoms with Crippen LogP contribution in [0.25, 0.3) is 0 Å². The van der Waals surface area contributed by atoms with E-state index in [9.17, 15) is 8.42 Å². The van der Waals surface area contributed by atoms with Crippen molar-refractivity contribution < 1.29 is 8.42 Å². The Balaban J connectivity index is 1.88. The molecule has 0 aliphatic rings. The average molecular weight is 409 g/mol. The van der Waals surface area contributed by atoms with Crippen molar-refractivity contribution in [3.8, 4) is 0 Å². The smallest absolute Gasteiger partial charge is 0.243 e. The minimum atomic E-state index is -3.45. The number of nitrogens with one attached hydrogen (secondary N) is 2. The largest absolute Gasteiger partial charge is 0.356 e. The van der Waals surface area contributed by atoms with Crippen molar-refractivity contribution in [2.45, 2.75) is 37.8 Å². The number of thiophene rings is 1. The highest BCUT2D eigenvalue weighted by Gasteiger charge is 2.22. The molecule has 0 fully saturated rings. The molecule has 8 heteroatoms. The summed E-state index contributed by atoms with van der Waals surface area (Å²) in [5, 5.41) is 8.61. The highest BCUT2D eigenvalue weighted by molar-refractivity contribution is 7.89. The van der Waals surface area contributed by atoms with E-state index in [-0.39, 0.29) is 6.04 Å². The van der Waals surface area contributed by atoms with Crippen LogP contribution in [-0.4, -0.2) is 45.4 Å². The van der Waals surface area contributed by atoms with E-state index in [4.69, 9.17) is 0 Å². The molecule has 1 heterocycles. The first-order chi connectivity index (χ1) is 12.8. The second-order valence-electron chi connectivity index (χ2n) is 6.44. The van der Waals surface area contributed by atoms with Gasteiger partial charge in [-0.05, 0) is 49.4 Å². The first-order valence-electron chi connectivity index (χ1n) is 8.88. The first-order valence-corrected chi connectivity index (χ1v) is 11.2. The average Bonchev–Trinajstić information content (AvgIpc) is 3.17. The van der Waals surface area contributed by atoms with Crippen molar-refractivity contribution in [1.29, 1.82) is 0 Å². The summed E-state index contributed by atoms with van der Waals surface area (Å²) in [6, 6.07) is 11.0. The molecule has 1 aromatic carbocycles. The van der Waals surface area contributed by atoms with E-state index in [2.05, 4.69) is 33.1 Å². The zero-order valence-electron chi connectivity index (χ0n) is 16.3. The van der Waals surface area contributed by atoms with Gasteiger partial charge < -0.3 is 10.6 Å². The number of hydrogen-bond acceptors (Lipinski definition) is 4. The molecule has 2 N–H and O–H groups in total. The third kappa shape index (κ3) is 6.05. The Kier molecular flexibility index (Phi) is 7.82. The second-order valence-corrected chi connectivity index (χ2v) is 9.47. The lowest BCUT2D eigenvalue weighted by atomic mass is 10.2. The van der Waals surface area contributed by atoms with Crippen LogP contribution in [0.2, 0.25) is 0 Å². The summed E-state index contributed by atoms with van der Waals surface area (Å²) in [6.45, 7) is 5.08. The molecule has 0 radical (unpaired) electrons. The molecule has 1 aromatic heterocycles. The first kappa shape index (κ1) is 21.4. The van der Waals surface area contributed by atoms with Crippen molar-refractivity contribution in [2.24, 2.45) is 4.99 Å². The third-order valence-electron chi connectivity index (χ3n) is 4.26. The number of nitrogens with zero attached hydrogens (tertiary/aromatic N) is 2. The summed E-state index contributed by atoms with van der Waals surface area (Å²) in [5.41, 5.74) is 0.988. The van der Waals surface area contributed by atoms with Crippen molar-refractivity contribution in [3.63, 3.8) is 0 Å². The molecule has 0 spiro atoms. The maximum atomic E-state index is 12.5. The lowest BCUT2D eigenvalue weighted by Gasteiger charge is -2.21. The zero-order valence-corrected chi connectivity index (χ0v) is 17.9. The molecule has 2 rings (SSSR count). The van der Waals surface area contributed by atoms with Gasteiger partial charge in [-0.25, -0.2) is 8.42 Å². The predicted molar refractivity (Wildman–Crippen MR) is 113 cm³/mol. The fourth-order valence-electron chi connectivity index (χ4n) is 2.39. The molecule has 0 atom stereocenters. The molecular weight excluding hydrogens is 380 g/mol. The number of hydrogen-bond donors (Lipinski definition) is 2. The standard InChI is InChI=1S/C19H28N4O2S2/c1-15(2)23(4)27(24,25)18-9-7-16(8-10-18)14-22-19(20-3)21-12-11-17-6-5-13-26-17/h5-10,13,15H,11-12,14H2,1-4H3,(H2,20,21,22). The summed E-state index contributed by atoms with van der Waals surface area (Å²) >= 11 is 1.75. The van der Waals surface area contributed by atoms with Crippen LogP contribution in [0.1, 0.15) is 24.3 Å². The molecule has 0 saturated heterocycles. The molecule has 0 unspecified atom stereocenters. The van der Waals surface area contributed by atoms with E-state index < -0.39 is 10.0 Å². The van der Waals surface area contributed by atoms with Crippen LogP contribution in [0, 0.1) is 0 Å². The minimum absolute atomic E-state index is 0.0834. The molecule has 2 aromatic rings. The van der Waals surface area contributed by atoms with E-state index in [0.29, 0.717) is 11.4 Å². The van der Waals surface area contributed by atoms with Gasteiger partial charge in [0.25, 0.3) is 0 Å². The van der Waals surface area contributed by atoms with Gasteiger partial charge in [0.15, 0.2) is 5.96 Å². The van der Waals surface area contributed by atoms with Gasteiger partial charge in [0, 0.05) is 38.1 Å². The van der Waals surface area contributed by atoms with Gasteiger partial charge in [-0.2, -0.15) is 4.31 Å². The second kappa shape index (κ2) is 9.87. The van der Waals surface area contributed by atoms with Crippen molar-refractivity contribution in [2.75, 3.05) is 20.6 Å². The van der Waals surface area contributed by atoms with Crippen LogP contribution in [0.3, 0.4) is 0 Å². The Morgan fingerprint density at radius 1 is 1.19 bits per heavy atom. The Bertz CT molecular complexity index is 829. The van der Waals surface area contributed by atoms with E-state index in [1.165, 1.54) is 9.18 Å². The van der Waals surface area contributed by atoms with Crippen molar-refractivity contribution >= 4 is 27.3 Å². The number of sulfonamides is 1. The highest BCUT2D eigenvalue weighted by atomic mass is 32.2. The van der Waals surface area contributed by atoms with Crippen LogP contribution < -0.4 is 10.6 Å². The normalized spacial score (nSPS) is 12.6. The predicted octanol–water partition coefficient (Wildman–Crippen LogP) is 2.68. The Labute approximate surface area is 166 Å². The summed E-state index contributed by atoms with van der Waals surface area (Å²) in [6.07, 6.45) is 0.953. The molecule has 0 aliphatic heterocycles. The van der Waals surface area contributed by atoms with E-state index in [1.54, 1.807) is 37.6 Å². The fourth-order valence-corrected chi connectivity index (χ4v) is 4.47. The molecule has 0 amide bonds. The summed E-state index contributed by atoms with van der Waals surface area (Å²) in [5.74, 6) is 0.725. The molecule has 0 bridgehead atoms. The van der Waals surface area contributed by atoms with Crippen LogP contribution >= 0.6 is 11.3 Å². The van der Waals surface area contributed by atoms with Gasteiger partial charge in [0.05, 0.1) is 4.90 Å². The van der Waals surface area contributed by atoms with Gasteiger partial charge in [0.1, 0.15) is 0 Å². The van der Waals surface area contributed by atoms with Gasteiger partial charge in [-0.15, -0.1) is 11.3 Å². The summed E-state index contributed by atoms with van der Waals surface area (Å²) in [4.78, 5) is 5.86. The lowest BCUT2D eigenvalue weighted by Crippen LogP contribution is -2.37. The van der Waals surface area contributed by atoms with Gasteiger partial charge in [-0.3, -0.25) is 4.99 Å². The lowest BCUT2D eigenvalue weighted by molar-refractivity contribution is 0.410. The quantitative estimate of drug-likeness (QED) is 0.520. The van der Waals surface area contributed by atoms with Crippen LogP contribution in [0.5, 0.6) is 0 Å². The van der Waals surface area contributed by atoms with Crippen molar-refractivity contribution in [3.05, 3.63) is 52.2 Å². The van der Waals surface area contributed by atoms with Crippen molar-refractivity contribution in [1.82, 2.24) is 14.9 Å². The summed E-state index contributed by atoms with van der Waals surface area (Å²) < 4.78 is 26.4. The molecular formula is C19H28N4O2S2. The van der Waals surface area contributed by atoms with Crippen LogP contribution in [0.4, 0.5) is 0 Å². The Morgan fingerprint density at radius 3 is 2.44 bits per heavy atom. The molecule has 27 heavy (non-hydrogen) atoms.